The summed E-state index contributed by atoms with van der Waals surface area (Å²) in [6.07, 6.45) is 0. The maximum atomic E-state index is 2.50. The van der Waals surface area contributed by atoms with Crippen LogP contribution in [0.2, 0.25) is 33.2 Å². The molecule has 0 aliphatic rings. The van der Waals surface area contributed by atoms with Gasteiger partial charge in [-0.25, -0.2) is 0 Å². The zero-order chi connectivity index (χ0) is 23.0. The Labute approximate surface area is 197 Å². The van der Waals surface area contributed by atoms with Crippen LogP contribution in [0.4, 0.5) is 0 Å². The lowest BCUT2D eigenvalue weighted by molar-refractivity contribution is 0.837. The second kappa shape index (κ2) is 9.76. The summed E-state index contributed by atoms with van der Waals surface area (Å²) >= 11 is 4.23. The maximum absolute atomic E-state index is 2.50. The number of hydrogen-bond acceptors (Lipinski definition) is 2. The van der Waals surface area contributed by atoms with Gasteiger partial charge in [-0.1, -0.05) is 95.2 Å². The first kappa shape index (κ1) is 26.1. The molecular weight excluding hydrogens is 433 g/mol. The molecule has 0 bridgehead atoms. The molecule has 0 aliphatic heterocycles. The van der Waals surface area contributed by atoms with Crippen molar-refractivity contribution in [2.45, 2.75) is 116 Å². The molecule has 0 atom stereocenters. The van der Waals surface area contributed by atoms with E-state index >= 15 is 0 Å². The van der Waals surface area contributed by atoms with E-state index in [4.69, 9.17) is 0 Å². The van der Waals surface area contributed by atoms with Crippen LogP contribution in [-0.2, 0) is 0 Å². The zero-order valence-electron chi connectivity index (χ0n) is 21.6. The van der Waals surface area contributed by atoms with Crippen molar-refractivity contribution in [2.24, 2.45) is 0 Å². The third-order valence-corrected chi connectivity index (χ3v) is 26.3. The van der Waals surface area contributed by atoms with E-state index in [1.165, 1.54) is 9.75 Å². The predicted molar refractivity (Wildman–Crippen MR) is 149 cm³/mol. The average molecular weight is 479 g/mol. The van der Waals surface area contributed by atoms with Gasteiger partial charge in [0.15, 0.2) is 0 Å². The molecule has 0 saturated heterocycles. The van der Waals surface area contributed by atoms with E-state index in [1.54, 1.807) is 9.00 Å². The first-order chi connectivity index (χ1) is 13.8. The topological polar surface area (TPSA) is 0 Å². The second-order valence-corrected chi connectivity index (χ2v) is 25.8. The molecule has 2 heterocycles. The normalized spacial score (nSPS) is 13.8. The van der Waals surface area contributed by atoms with Crippen molar-refractivity contribution in [3.8, 4) is 9.75 Å². The molecular formula is C26H46S2Si2. The van der Waals surface area contributed by atoms with E-state index in [9.17, 15) is 0 Å². The summed E-state index contributed by atoms with van der Waals surface area (Å²) in [7, 11) is -3.13. The van der Waals surface area contributed by atoms with E-state index in [0.29, 0.717) is 0 Å². The minimum Gasteiger partial charge on any atom is -0.144 e. The molecule has 0 saturated carbocycles. The van der Waals surface area contributed by atoms with Crippen molar-refractivity contribution in [1.82, 2.24) is 0 Å². The Morgan fingerprint density at radius 1 is 0.433 bits per heavy atom. The van der Waals surface area contributed by atoms with E-state index in [1.807, 2.05) is 0 Å². The van der Waals surface area contributed by atoms with Crippen LogP contribution in [0.3, 0.4) is 0 Å². The van der Waals surface area contributed by atoms with Crippen LogP contribution >= 0.6 is 22.7 Å². The summed E-state index contributed by atoms with van der Waals surface area (Å²) in [5, 5.41) is 0. The zero-order valence-corrected chi connectivity index (χ0v) is 25.2. The van der Waals surface area contributed by atoms with E-state index in [2.05, 4.69) is 130 Å². The van der Waals surface area contributed by atoms with Crippen molar-refractivity contribution in [3.05, 3.63) is 24.3 Å². The first-order valence-corrected chi connectivity index (χ1v) is 18.1. The van der Waals surface area contributed by atoms with Crippen LogP contribution < -0.4 is 9.00 Å². The highest BCUT2D eigenvalue weighted by molar-refractivity contribution is 7.34. The molecule has 2 aromatic rings. The van der Waals surface area contributed by atoms with Crippen molar-refractivity contribution in [2.75, 3.05) is 0 Å². The van der Waals surface area contributed by atoms with Crippen LogP contribution in [0.5, 0.6) is 0 Å². The molecule has 0 spiro atoms. The Morgan fingerprint density at radius 3 is 0.867 bits per heavy atom. The highest BCUT2D eigenvalue weighted by Crippen LogP contribution is 2.45. The molecule has 0 unspecified atom stereocenters. The van der Waals surface area contributed by atoms with Crippen LogP contribution in [0.1, 0.15) is 83.1 Å². The van der Waals surface area contributed by atoms with Gasteiger partial charge >= 0.3 is 0 Å². The minimum atomic E-state index is -1.57. The lowest BCUT2D eigenvalue weighted by Crippen LogP contribution is -2.54. The van der Waals surface area contributed by atoms with Crippen LogP contribution in [0.15, 0.2) is 24.3 Å². The quantitative estimate of drug-likeness (QED) is 0.315. The van der Waals surface area contributed by atoms with Gasteiger partial charge in [-0.05, 0) is 54.4 Å². The van der Waals surface area contributed by atoms with Gasteiger partial charge in [-0.2, -0.15) is 0 Å². The molecule has 2 aromatic heterocycles. The summed E-state index contributed by atoms with van der Waals surface area (Å²) in [5.41, 5.74) is 4.62. The van der Waals surface area contributed by atoms with E-state index < -0.39 is 16.1 Å². The Kier molecular flexibility index (Phi) is 8.49. The molecule has 2 rings (SSSR count). The predicted octanol–water partition coefficient (Wildman–Crippen LogP) is 9.25. The number of thiophene rings is 2. The van der Waals surface area contributed by atoms with Gasteiger partial charge in [0, 0.05) is 9.75 Å². The van der Waals surface area contributed by atoms with Gasteiger partial charge in [0.25, 0.3) is 0 Å². The molecule has 0 fully saturated rings. The highest BCUT2D eigenvalue weighted by atomic mass is 32.1. The standard InChI is InChI=1S/C26H46S2Si2/c1-17(2)29(18(3)4,19(5)6)25-15-13-23(27-25)24-14-16-26(28-24)30(20(7)8,21(9)10)22(11)12/h13-22H,1-12H3. The Hall–Kier alpha value is -0.166. The Bertz CT molecular complexity index is 697. The molecule has 0 radical (unpaired) electrons. The Balaban J connectivity index is 2.55. The maximum Gasteiger partial charge on any atom is 0.107 e. The van der Waals surface area contributed by atoms with Gasteiger partial charge in [-0.15, -0.1) is 22.7 Å². The fourth-order valence-corrected chi connectivity index (χ4v) is 27.2. The summed E-state index contributed by atoms with van der Waals surface area (Å²) in [6, 6.07) is 9.88. The van der Waals surface area contributed by atoms with E-state index in [0.717, 1.165) is 33.2 Å². The van der Waals surface area contributed by atoms with E-state index in [-0.39, 0.29) is 0 Å². The van der Waals surface area contributed by atoms with Crippen molar-refractivity contribution < 1.29 is 0 Å². The van der Waals surface area contributed by atoms with Crippen LogP contribution in [-0.4, -0.2) is 16.1 Å². The summed E-state index contributed by atoms with van der Waals surface area (Å²) in [5.74, 6) is 0. The third-order valence-electron chi connectivity index (χ3n) is 8.04. The van der Waals surface area contributed by atoms with Crippen molar-refractivity contribution >= 4 is 47.8 Å². The van der Waals surface area contributed by atoms with Crippen molar-refractivity contribution in [3.63, 3.8) is 0 Å². The number of hydrogen-bond donors (Lipinski definition) is 0. The summed E-state index contributed by atoms with van der Waals surface area (Å²) in [4.78, 5) is 3.00. The molecule has 30 heavy (non-hydrogen) atoms. The molecule has 0 amide bonds. The molecule has 0 N–H and O–H groups in total. The second-order valence-electron chi connectivity index (χ2n) is 11.1. The van der Waals surface area contributed by atoms with Crippen LogP contribution in [0.25, 0.3) is 9.75 Å². The van der Waals surface area contributed by atoms with Gasteiger partial charge in [-0.3, -0.25) is 0 Å². The van der Waals surface area contributed by atoms with Gasteiger partial charge in [0.1, 0.15) is 16.1 Å². The molecule has 170 valence electrons. The summed E-state index contributed by atoms with van der Waals surface area (Å²) in [6.45, 7) is 29.7. The molecule has 0 aliphatic carbocycles. The summed E-state index contributed by atoms with van der Waals surface area (Å²) < 4.78 is 3.43. The lowest BCUT2D eigenvalue weighted by atomic mass is 10.4. The monoisotopic (exact) mass is 478 g/mol. The fraction of sp³-hybridized carbons (Fsp3) is 0.692. The molecule has 4 heteroatoms. The Morgan fingerprint density at radius 2 is 0.667 bits per heavy atom. The molecule has 0 aromatic carbocycles. The van der Waals surface area contributed by atoms with Crippen LogP contribution in [0, 0.1) is 0 Å². The average Bonchev–Trinajstić information content (AvgIpc) is 3.23. The van der Waals surface area contributed by atoms with Gasteiger partial charge in [0.2, 0.25) is 0 Å². The minimum absolute atomic E-state index is 0.769. The first-order valence-electron chi connectivity index (χ1n) is 12.0. The third kappa shape index (κ3) is 4.11. The fourth-order valence-electron chi connectivity index (χ4n) is 7.11. The number of rotatable bonds is 9. The largest absolute Gasteiger partial charge is 0.144 e. The van der Waals surface area contributed by atoms with Crippen molar-refractivity contribution in [1.29, 1.82) is 0 Å². The van der Waals surface area contributed by atoms with Gasteiger partial charge < -0.3 is 0 Å². The van der Waals surface area contributed by atoms with Gasteiger partial charge in [0.05, 0.1) is 0 Å². The smallest absolute Gasteiger partial charge is 0.107 e. The molecule has 0 nitrogen and oxygen atoms in total. The SMILES string of the molecule is CC(C)[Si](c1ccc(-c2ccc([Si](C(C)C)(C(C)C)C(C)C)s2)s1)(C(C)C)C(C)C. The highest BCUT2D eigenvalue weighted by Gasteiger charge is 2.47. The lowest BCUT2D eigenvalue weighted by Gasteiger charge is -2.42.